The van der Waals surface area contributed by atoms with Crippen LogP contribution in [0.5, 0.6) is 0 Å². The minimum Gasteiger partial charge on any atom is -0.436 e. The highest BCUT2D eigenvalue weighted by molar-refractivity contribution is 8.45. The highest BCUT2D eigenvalue weighted by Gasteiger charge is 2.65. The van der Waals surface area contributed by atoms with E-state index in [9.17, 15) is 19.4 Å². The van der Waals surface area contributed by atoms with Crippen molar-refractivity contribution in [3.8, 4) is 11.5 Å². The van der Waals surface area contributed by atoms with Gasteiger partial charge in [0.25, 0.3) is 0 Å². The molecule has 0 N–H and O–H groups in total. The average molecular weight is 321 g/mol. The zero-order valence-corrected chi connectivity index (χ0v) is 11.1. The maximum absolute atomic E-state index is 12.7. The first-order chi connectivity index (χ1) is 9.53. The van der Waals surface area contributed by atoms with E-state index in [-0.39, 0.29) is 17.0 Å². The summed E-state index contributed by atoms with van der Waals surface area (Å²) in [6, 6.07) is 9.91. The molecule has 21 heavy (non-hydrogen) atoms. The third-order valence-electron chi connectivity index (χ3n) is 2.83. The topological polar surface area (TPSA) is 26.0 Å². The van der Waals surface area contributed by atoms with Crippen molar-refractivity contribution in [3.05, 3.63) is 48.5 Å². The number of oxazole rings is 1. The summed E-state index contributed by atoms with van der Waals surface area (Å²) in [5, 5.41) is 0. The number of aromatic nitrogens is 1. The van der Waals surface area contributed by atoms with Crippen molar-refractivity contribution in [2.24, 2.45) is 0 Å². The Kier molecular flexibility index (Phi) is 2.35. The fraction of sp³-hybridized carbons (Fsp3) is 0. The summed E-state index contributed by atoms with van der Waals surface area (Å²) in [5.74, 6) is 0.0740. The van der Waals surface area contributed by atoms with Crippen LogP contribution in [0, 0.1) is 0 Å². The van der Waals surface area contributed by atoms with Gasteiger partial charge in [0.2, 0.25) is 5.89 Å². The van der Waals surface area contributed by atoms with Crippen LogP contribution in [0.3, 0.4) is 0 Å². The molecule has 0 saturated carbocycles. The number of hydrogen-bond acceptors (Lipinski definition) is 2. The van der Waals surface area contributed by atoms with Gasteiger partial charge in [-0.1, -0.05) is 37.6 Å². The molecule has 112 valence electrons. The van der Waals surface area contributed by atoms with Crippen molar-refractivity contribution >= 4 is 21.3 Å². The van der Waals surface area contributed by atoms with E-state index in [0.717, 1.165) is 6.07 Å². The molecule has 0 radical (unpaired) electrons. The lowest BCUT2D eigenvalue weighted by Crippen LogP contribution is -2.05. The van der Waals surface area contributed by atoms with E-state index >= 15 is 0 Å². The van der Waals surface area contributed by atoms with Crippen LogP contribution in [0.25, 0.3) is 22.6 Å². The molecular formula is C13H8F5NOS. The van der Waals surface area contributed by atoms with Gasteiger partial charge in [-0.15, -0.1) is 0 Å². The second-order valence-electron chi connectivity index (χ2n) is 4.48. The summed E-state index contributed by atoms with van der Waals surface area (Å²) >= 11 is 0. The van der Waals surface area contributed by atoms with E-state index < -0.39 is 15.1 Å². The molecule has 0 spiro atoms. The molecule has 2 nitrogen and oxygen atoms in total. The SMILES string of the molecule is FS(F)(F)(F)(F)c1ccc2oc(-c3ccccc3)nc2c1. The Balaban J connectivity index is 2.17. The quantitative estimate of drug-likeness (QED) is 0.529. The molecule has 0 atom stereocenters. The van der Waals surface area contributed by atoms with Crippen LogP contribution < -0.4 is 0 Å². The van der Waals surface area contributed by atoms with E-state index in [1.54, 1.807) is 30.3 Å². The highest BCUT2D eigenvalue weighted by atomic mass is 32.5. The number of fused-ring (bicyclic) bond motifs is 1. The van der Waals surface area contributed by atoms with E-state index in [1.165, 1.54) is 0 Å². The lowest BCUT2D eigenvalue weighted by atomic mass is 10.2. The minimum atomic E-state index is -9.71. The number of halogens is 5. The third-order valence-corrected chi connectivity index (χ3v) is 3.97. The summed E-state index contributed by atoms with van der Waals surface area (Å²) in [5.41, 5.74) is 0.293. The molecule has 0 saturated heterocycles. The predicted octanol–water partition coefficient (Wildman–Crippen LogP) is 6.15. The second-order valence-corrected chi connectivity index (χ2v) is 6.89. The summed E-state index contributed by atoms with van der Waals surface area (Å²) < 4.78 is 69.0. The van der Waals surface area contributed by atoms with Crippen molar-refractivity contribution in [1.29, 1.82) is 0 Å². The standard InChI is InChI=1S/C13H8F5NOS/c14-21(15,16,17,18)10-6-7-12-11(8-10)19-13(20-12)9-4-2-1-3-5-9/h1-8H. The smallest absolute Gasteiger partial charge is 0.310 e. The van der Waals surface area contributed by atoms with E-state index in [4.69, 9.17) is 4.42 Å². The van der Waals surface area contributed by atoms with Gasteiger partial charge in [0.1, 0.15) is 10.4 Å². The van der Waals surface area contributed by atoms with Crippen molar-refractivity contribution in [1.82, 2.24) is 4.98 Å². The second kappa shape index (κ2) is 3.56. The van der Waals surface area contributed by atoms with Gasteiger partial charge < -0.3 is 4.42 Å². The zero-order chi connectivity index (χ0) is 15.4. The first kappa shape index (κ1) is 13.9. The molecule has 0 amide bonds. The molecule has 0 aliphatic rings. The maximum Gasteiger partial charge on any atom is 0.310 e. The Morgan fingerprint density at radius 1 is 0.857 bits per heavy atom. The predicted molar refractivity (Wildman–Crippen MR) is 70.8 cm³/mol. The van der Waals surface area contributed by atoms with Gasteiger partial charge in [0, 0.05) is 5.56 Å². The fourth-order valence-corrected chi connectivity index (χ4v) is 2.51. The summed E-state index contributed by atoms with van der Waals surface area (Å²) in [4.78, 5) is 1.86. The lowest BCUT2D eigenvalue weighted by molar-refractivity contribution is 0.364. The average Bonchev–Trinajstić information content (AvgIpc) is 2.80. The first-order valence-electron chi connectivity index (χ1n) is 5.73. The van der Waals surface area contributed by atoms with Gasteiger partial charge in [0.15, 0.2) is 5.58 Å². The van der Waals surface area contributed by atoms with E-state index in [1.807, 2.05) is 0 Å². The highest BCUT2D eigenvalue weighted by Crippen LogP contribution is 3.02. The van der Waals surface area contributed by atoms with Crippen LogP contribution >= 0.6 is 10.2 Å². The number of benzene rings is 2. The van der Waals surface area contributed by atoms with Crippen LogP contribution in [-0.4, -0.2) is 4.98 Å². The van der Waals surface area contributed by atoms with E-state index in [2.05, 4.69) is 4.98 Å². The van der Waals surface area contributed by atoms with Crippen LogP contribution in [0.4, 0.5) is 19.4 Å². The Labute approximate surface area is 115 Å². The Morgan fingerprint density at radius 3 is 2.14 bits per heavy atom. The molecule has 0 aliphatic heterocycles. The van der Waals surface area contributed by atoms with Gasteiger partial charge in [-0.2, -0.15) is 0 Å². The summed E-state index contributed by atoms with van der Waals surface area (Å²) in [7, 11) is -9.71. The molecule has 1 heterocycles. The van der Waals surface area contributed by atoms with Gasteiger partial charge in [-0.05, 0) is 30.3 Å². The molecule has 3 aromatic rings. The van der Waals surface area contributed by atoms with E-state index in [0.29, 0.717) is 17.7 Å². The zero-order valence-electron chi connectivity index (χ0n) is 10.3. The number of hydrogen-bond donors (Lipinski definition) is 0. The van der Waals surface area contributed by atoms with Gasteiger partial charge in [0.05, 0.1) is 0 Å². The molecule has 0 aliphatic carbocycles. The monoisotopic (exact) mass is 321 g/mol. The maximum atomic E-state index is 12.7. The van der Waals surface area contributed by atoms with Crippen LogP contribution in [0.2, 0.25) is 0 Å². The van der Waals surface area contributed by atoms with Crippen molar-refractivity contribution in [3.63, 3.8) is 0 Å². The first-order valence-corrected chi connectivity index (χ1v) is 7.68. The van der Waals surface area contributed by atoms with Gasteiger partial charge in [-0.3, -0.25) is 0 Å². The van der Waals surface area contributed by atoms with Crippen LogP contribution in [0.1, 0.15) is 0 Å². The number of nitrogens with zero attached hydrogens (tertiary/aromatic N) is 1. The lowest BCUT2D eigenvalue weighted by Gasteiger charge is -2.40. The fourth-order valence-electron chi connectivity index (χ4n) is 1.85. The summed E-state index contributed by atoms with van der Waals surface area (Å²) in [6.07, 6.45) is 0. The molecular weight excluding hydrogens is 313 g/mol. The Morgan fingerprint density at radius 2 is 1.52 bits per heavy atom. The van der Waals surface area contributed by atoms with Crippen molar-refractivity contribution in [2.45, 2.75) is 4.90 Å². The Hall–Kier alpha value is -2.09. The summed E-state index contributed by atoms with van der Waals surface area (Å²) in [6.45, 7) is 0. The molecule has 0 unspecified atom stereocenters. The van der Waals surface area contributed by atoms with Crippen LogP contribution in [0.15, 0.2) is 57.8 Å². The van der Waals surface area contributed by atoms with Gasteiger partial charge in [-0.25, -0.2) is 4.98 Å². The van der Waals surface area contributed by atoms with Gasteiger partial charge >= 0.3 is 10.2 Å². The molecule has 1 aromatic heterocycles. The largest absolute Gasteiger partial charge is 0.436 e. The molecule has 0 fully saturated rings. The van der Waals surface area contributed by atoms with Crippen molar-refractivity contribution < 1.29 is 23.8 Å². The third kappa shape index (κ3) is 2.71. The molecule has 3 rings (SSSR count). The molecule has 8 heteroatoms. The number of rotatable bonds is 2. The van der Waals surface area contributed by atoms with Crippen molar-refractivity contribution in [2.75, 3.05) is 0 Å². The molecule has 2 aromatic carbocycles. The molecule has 0 bridgehead atoms. The Bertz CT molecular complexity index is 827. The van der Waals surface area contributed by atoms with Crippen LogP contribution in [-0.2, 0) is 0 Å². The minimum absolute atomic E-state index is 0.0134. The normalized spacial score (nSPS) is 15.7.